The molecule has 7 unspecified atom stereocenters. The molecule has 0 amide bonds. The van der Waals surface area contributed by atoms with Crippen LogP contribution in [-0.2, 0) is 9.47 Å². The van der Waals surface area contributed by atoms with Gasteiger partial charge in [-0.1, -0.05) is 39.3 Å². The zero-order valence-corrected chi connectivity index (χ0v) is 19.5. The second-order valence-electron chi connectivity index (χ2n) is 12.7. The molecule has 0 aromatic heterocycles. The van der Waals surface area contributed by atoms with Crippen LogP contribution in [0.1, 0.15) is 85.5 Å². The summed E-state index contributed by atoms with van der Waals surface area (Å²) in [6.45, 7) is 10.8. The normalized spacial score (nSPS) is 59.8. The topological polar surface area (TPSA) is 38.7 Å². The van der Waals surface area contributed by atoms with Crippen LogP contribution in [0.3, 0.4) is 0 Å². The lowest BCUT2D eigenvalue weighted by Crippen LogP contribution is -2.52. The Morgan fingerprint density at radius 3 is 2.63 bits per heavy atom. The number of ether oxygens (including phenoxy) is 2. The van der Waals surface area contributed by atoms with Crippen LogP contribution < -0.4 is 0 Å². The number of hydrogen-bond donors (Lipinski definition) is 1. The van der Waals surface area contributed by atoms with Crippen LogP contribution in [0.4, 0.5) is 0 Å². The first-order valence-electron chi connectivity index (χ1n) is 13.0. The van der Waals surface area contributed by atoms with Crippen LogP contribution >= 0.6 is 0 Å². The third-order valence-electron chi connectivity index (χ3n) is 11.3. The molecule has 3 nitrogen and oxygen atoms in total. The van der Waals surface area contributed by atoms with Gasteiger partial charge in [0.2, 0.25) is 0 Å². The van der Waals surface area contributed by atoms with Crippen molar-refractivity contribution in [1.82, 2.24) is 0 Å². The minimum absolute atomic E-state index is 0.107. The molecular formula is C27H42O3. The maximum absolute atomic E-state index is 10.3. The summed E-state index contributed by atoms with van der Waals surface area (Å²) >= 11 is 0. The molecule has 2 aliphatic heterocycles. The average molecular weight is 415 g/mol. The van der Waals surface area contributed by atoms with Gasteiger partial charge in [0.1, 0.15) is 0 Å². The van der Waals surface area contributed by atoms with Gasteiger partial charge < -0.3 is 14.6 Å². The zero-order chi connectivity index (χ0) is 20.9. The van der Waals surface area contributed by atoms with Gasteiger partial charge in [0.15, 0.2) is 5.79 Å². The number of rotatable bonds is 0. The predicted octanol–water partition coefficient (Wildman–Crippen LogP) is 5.71. The third-order valence-corrected chi connectivity index (χ3v) is 11.3. The molecule has 3 heteroatoms. The van der Waals surface area contributed by atoms with Crippen LogP contribution in [0.25, 0.3) is 0 Å². The van der Waals surface area contributed by atoms with Crippen molar-refractivity contribution in [3.05, 3.63) is 11.6 Å². The molecule has 5 fully saturated rings. The van der Waals surface area contributed by atoms with Crippen molar-refractivity contribution >= 4 is 0 Å². The second-order valence-corrected chi connectivity index (χ2v) is 12.7. The van der Waals surface area contributed by atoms with E-state index in [1.54, 1.807) is 5.57 Å². The van der Waals surface area contributed by atoms with Crippen LogP contribution in [0.2, 0.25) is 0 Å². The van der Waals surface area contributed by atoms with E-state index in [2.05, 4.69) is 33.8 Å². The van der Waals surface area contributed by atoms with Gasteiger partial charge >= 0.3 is 0 Å². The predicted molar refractivity (Wildman–Crippen MR) is 118 cm³/mol. The van der Waals surface area contributed by atoms with Gasteiger partial charge in [-0.15, -0.1) is 0 Å². The lowest BCUT2D eigenvalue weighted by atomic mass is 9.47. The quantitative estimate of drug-likeness (QED) is 0.516. The molecule has 0 aromatic carbocycles. The monoisotopic (exact) mass is 414 g/mol. The molecule has 6 aliphatic rings. The highest BCUT2D eigenvalue weighted by atomic mass is 16.7. The number of aliphatic hydroxyl groups is 1. The molecule has 30 heavy (non-hydrogen) atoms. The molecule has 1 spiro atoms. The maximum atomic E-state index is 10.3. The molecule has 2 heterocycles. The van der Waals surface area contributed by atoms with Crippen LogP contribution in [0, 0.1) is 46.3 Å². The Balaban J connectivity index is 1.28. The summed E-state index contributed by atoms with van der Waals surface area (Å²) in [5, 5.41) is 10.3. The molecule has 4 aliphatic carbocycles. The van der Waals surface area contributed by atoms with E-state index < -0.39 is 0 Å². The summed E-state index contributed by atoms with van der Waals surface area (Å²) in [5.41, 5.74) is 2.31. The molecule has 0 radical (unpaired) electrons. The molecule has 168 valence electrons. The van der Waals surface area contributed by atoms with Gasteiger partial charge in [0.25, 0.3) is 0 Å². The van der Waals surface area contributed by atoms with Crippen molar-refractivity contribution in [3.8, 4) is 0 Å². The molecular weight excluding hydrogens is 372 g/mol. The van der Waals surface area contributed by atoms with E-state index in [1.807, 2.05) is 0 Å². The van der Waals surface area contributed by atoms with Gasteiger partial charge in [-0.25, -0.2) is 0 Å². The molecule has 6 rings (SSSR count). The van der Waals surface area contributed by atoms with E-state index in [0.29, 0.717) is 34.7 Å². The number of hydrogen-bond acceptors (Lipinski definition) is 3. The smallest absolute Gasteiger partial charge is 0.171 e. The van der Waals surface area contributed by atoms with Gasteiger partial charge in [-0.05, 0) is 91.8 Å². The minimum atomic E-state index is -0.294. The van der Waals surface area contributed by atoms with E-state index in [1.165, 1.54) is 38.5 Å². The van der Waals surface area contributed by atoms with E-state index in [-0.39, 0.29) is 11.9 Å². The van der Waals surface area contributed by atoms with Crippen molar-refractivity contribution in [2.45, 2.75) is 103 Å². The van der Waals surface area contributed by atoms with Crippen LogP contribution in [0.5, 0.6) is 0 Å². The molecule has 0 bridgehead atoms. The molecule has 3 saturated carbocycles. The molecule has 2 saturated heterocycles. The Hall–Kier alpha value is -0.380. The fourth-order valence-electron chi connectivity index (χ4n) is 9.66. The van der Waals surface area contributed by atoms with Crippen molar-refractivity contribution in [2.24, 2.45) is 46.3 Å². The zero-order valence-electron chi connectivity index (χ0n) is 19.5. The second kappa shape index (κ2) is 6.58. The van der Waals surface area contributed by atoms with Gasteiger partial charge in [-0.2, -0.15) is 0 Å². The number of allylic oxidation sites excluding steroid dienone is 1. The van der Waals surface area contributed by atoms with E-state index in [4.69, 9.17) is 9.47 Å². The molecule has 0 aromatic rings. The lowest BCUT2D eigenvalue weighted by Gasteiger charge is -2.58. The fourth-order valence-corrected chi connectivity index (χ4v) is 9.66. The number of aliphatic hydroxyl groups excluding tert-OH is 1. The Morgan fingerprint density at radius 2 is 1.87 bits per heavy atom. The van der Waals surface area contributed by atoms with Crippen LogP contribution in [0.15, 0.2) is 11.6 Å². The van der Waals surface area contributed by atoms with Gasteiger partial charge in [0.05, 0.1) is 18.8 Å². The van der Waals surface area contributed by atoms with E-state index in [9.17, 15) is 5.11 Å². The third kappa shape index (κ3) is 2.55. The highest BCUT2D eigenvalue weighted by Gasteiger charge is 2.68. The highest BCUT2D eigenvalue weighted by molar-refractivity contribution is 5.26. The summed E-state index contributed by atoms with van der Waals surface area (Å²) in [7, 11) is 0. The highest BCUT2D eigenvalue weighted by Crippen LogP contribution is 2.70. The standard InChI is InChI=1S/C27H42O3/c1-16-7-12-27(29-15-16)17(2)24-23(30-27)14-22-20-6-5-18-13-19(28)8-10-25(18,3)21(20)9-11-26(22,24)4/h5,16-17,19-24,28H,6-15H2,1-4H3/t16-,17+,19?,20?,21?,22?,23?,24?,25-,26-,27?/m0/s1. The van der Waals surface area contributed by atoms with Crippen molar-refractivity contribution in [1.29, 1.82) is 0 Å². The summed E-state index contributed by atoms with van der Waals surface area (Å²) in [6, 6.07) is 0. The molecule has 1 N–H and O–H groups in total. The van der Waals surface area contributed by atoms with Gasteiger partial charge in [-0.3, -0.25) is 0 Å². The Bertz CT molecular complexity index is 736. The van der Waals surface area contributed by atoms with Crippen molar-refractivity contribution in [3.63, 3.8) is 0 Å². The van der Waals surface area contributed by atoms with E-state index in [0.717, 1.165) is 43.6 Å². The first-order chi connectivity index (χ1) is 14.3. The summed E-state index contributed by atoms with van der Waals surface area (Å²) in [6.07, 6.45) is 13.5. The van der Waals surface area contributed by atoms with Crippen molar-refractivity contribution < 1.29 is 14.6 Å². The van der Waals surface area contributed by atoms with Crippen LogP contribution in [-0.4, -0.2) is 29.7 Å². The largest absolute Gasteiger partial charge is 0.393 e. The average Bonchev–Trinajstić information content (AvgIpc) is 3.16. The summed E-state index contributed by atoms with van der Waals surface area (Å²) in [5.74, 6) is 3.94. The Kier molecular flexibility index (Phi) is 4.44. The number of fused-ring (bicyclic) bond motifs is 7. The fraction of sp³-hybridized carbons (Fsp3) is 0.926. The summed E-state index contributed by atoms with van der Waals surface area (Å²) in [4.78, 5) is 0. The summed E-state index contributed by atoms with van der Waals surface area (Å²) < 4.78 is 13.3. The van der Waals surface area contributed by atoms with Gasteiger partial charge in [0, 0.05) is 12.3 Å². The SMILES string of the molecule is C[C@H]1CCC2(OC1)OC1CC3C4CC=C5CC(O)CC[C@]5(C)C4CC[C@]3(C)C1[C@H]2C. The first kappa shape index (κ1) is 20.2. The maximum Gasteiger partial charge on any atom is 0.171 e. The lowest BCUT2D eigenvalue weighted by molar-refractivity contribution is -0.272. The molecule has 11 atom stereocenters. The van der Waals surface area contributed by atoms with Crippen molar-refractivity contribution in [2.75, 3.05) is 6.61 Å². The first-order valence-corrected chi connectivity index (χ1v) is 13.0. The minimum Gasteiger partial charge on any atom is -0.393 e. The Morgan fingerprint density at radius 1 is 1.03 bits per heavy atom. The Labute approximate surface area is 183 Å². The van der Waals surface area contributed by atoms with E-state index >= 15 is 0 Å².